The van der Waals surface area contributed by atoms with Gasteiger partial charge in [-0.05, 0) is 76.3 Å². The first-order chi connectivity index (χ1) is 24.5. The average Bonchev–Trinajstić information content (AvgIpc) is 3.10. The quantitative estimate of drug-likeness (QED) is 0.0656. The first-order valence-electron chi connectivity index (χ1n) is 15.8. The Labute approximate surface area is 294 Å². The average molecular weight is 679 g/mol. The van der Waals surface area contributed by atoms with Crippen LogP contribution in [0.3, 0.4) is 0 Å². The Morgan fingerprint density at radius 3 is 1.27 bits per heavy atom. The number of phenols is 6. The molecule has 0 heterocycles. The van der Waals surface area contributed by atoms with Gasteiger partial charge in [-0.1, -0.05) is 97.1 Å². The molecule has 0 unspecified atom stereocenters. The summed E-state index contributed by atoms with van der Waals surface area (Å²) in [4.78, 5) is 24.7. The van der Waals surface area contributed by atoms with E-state index in [1.165, 1.54) is 36.4 Å². The van der Waals surface area contributed by atoms with Gasteiger partial charge in [0.05, 0.1) is 11.1 Å². The lowest BCUT2D eigenvalue weighted by molar-refractivity contribution is 0.0988. The second kappa shape index (κ2) is 16.4. The highest BCUT2D eigenvalue weighted by Gasteiger charge is 2.13. The zero-order valence-electron chi connectivity index (χ0n) is 27.2. The normalized spacial score (nSPS) is 10.9. The molecule has 6 rings (SSSR count). The van der Waals surface area contributed by atoms with Gasteiger partial charge in [-0.3, -0.25) is 9.59 Å². The van der Waals surface area contributed by atoms with Crippen LogP contribution in [0.2, 0.25) is 0 Å². The van der Waals surface area contributed by atoms with Crippen LogP contribution in [0.4, 0.5) is 0 Å². The maximum atomic E-state index is 12.4. The monoisotopic (exact) mass is 678 g/mol. The Morgan fingerprint density at radius 1 is 0.431 bits per heavy atom. The minimum absolute atomic E-state index is 0.00248. The van der Waals surface area contributed by atoms with Crippen LogP contribution in [0.1, 0.15) is 54.1 Å². The third-order valence-corrected chi connectivity index (χ3v) is 7.66. The van der Waals surface area contributed by atoms with Crippen LogP contribution < -0.4 is 0 Å². The van der Waals surface area contributed by atoms with Gasteiger partial charge in [-0.2, -0.15) is 0 Å². The van der Waals surface area contributed by atoms with E-state index in [0.29, 0.717) is 22.3 Å². The highest BCUT2D eigenvalue weighted by molar-refractivity contribution is 6.10. The van der Waals surface area contributed by atoms with Gasteiger partial charge < -0.3 is 30.6 Å². The summed E-state index contributed by atoms with van der Waals surface area (Å²) < 4.78 is 0. The van der Waals surface area contributed by atoms with Gasteiger partial charge in [-0.15, -0.1) is 0 Å². The molecule has 0 aliphatic heterocycles. The smallest absolute Gasteiger partial charge is 0.196 e. The van der Waals surface area contributed by atoms with Crippen molar-refractivity contribution >= 4 is 35.9 Å². The van der Waals surface area contributed by atoms with Crippen molar-refractivity contribution in [2.75, 3.05) is 0 Å². The van der Waals surface area contributed by atoms with Crippen molar-refractivity contribution in [2.45, 2.75) is 6.42 Å². The number of hydrogen-bond donors (Lipinski definition) is 6. The Hall–Kier alpha value is -7.06. The predicted octanol–water partition coefficient (Wildman–Crippen LogP) is 8.60. The molecule has 0 saturated carbocycles. The molecule has 6 aromatic carbocycles. The molecule has 0 aliphatic carbocycles. The van der Waals surface area contributed by atoms with Crippen molar-refractivity contribution in [1.29, 1.82) is 0 Å². The van der Waals surface area contributed by atoms with Crippen LogP contribution >= 0.6 is 0 Å². The number of ketones is 2. The second-order valence-electron chi connectivity index (χ2n) is 11.6. The fourth-order valence-corrected chi connectivity index (χ4v) is 5.12. The van der Waals surface area contributed by atoms with E-state index in [9.17, 15) is 40.2 Å². The number of Topliss-reactive ketones (excluding diaryl/α,β-unsaturated/α-hetero) is 1. The highest BCUT2D eigenvalue weighted by Crippen LogP contribution is 2.25. The molecule has 0 aromatic heterocycles. The summed E-state index contributed by atoms with van der Waals surface area (Å²) >= 11 is 0. The van der Waals surface area contributed by atoms with Crippen molar-refractivity contribution in [3.05, 3.63) is 178 Å². The fourth-order valence-electron chi connectivity index (χ4n) is 5.12. The summed E-state index contributed by atoms with van der Waals surface area (Å²) in [5.41, 5.74) is 5.04. The SMILES string of the molecule is O=C(Cc1ccc(/C=C/c2cc(O)cc(O)c2)cc1)c1ccccc1O.O=C(c1ccc(/C=C/c2cc(O)cc(O)c2)cc1)c1ccccc1O. The summed E-state index contributed by atoms with van der Waals surface area (Å²) in [5, 5.41) is 57.4. The maximum absolute atomic E-state index is 12.4. The van der Waals surface area contributed by atoms with E-state index < -0.39 is 0 Å². The summed E-state index contributed by atoms with van der Waals surface area (Å²) in [7, 11) is 0. The van der Waals surface area contributed by atoms with E-state index in [0.717, 1.165) is 16.7 Å². The van der Waals surface area contributed by atoms with Crippen LogP contribution in [0.25, 0.3) is 24.3 Å². The highest BCUT2D eigenvalue weighted by atomic mass is 16.3. The molecule has 0 atom stereocenters. The number of rotatable bonds is 9. The molecule has 0 fully saturated rings. The van der Waals surface area contributed by atoms with Crippen molar-refractivity contribution in [3.63, 3.8) is 0 Å². The Balaban J connectivity index is 0.000000198. The molecule has 254 valence electrons. The van der Waals surface area contributed by atoms with E-state index in [4.69, 9.17) is 0 Å². The lowest BCUT2D eigenvalue weighted by atomic mass is 10.0. The lowest BCUT2D eigenvalue weighted by Crippen LogP contribution is -2.03. The number of benzene rings is 6. The molecule has 0 radical (unpaired) electrons. The van der Waals surface area contributed by atoms with Gasteiger partial charge in [0.25, 0.3) is 0 Å². The summed E-state index contributed by atoms with van der Waals surface area (Å²) in [6.45, 7) is 0. The number of carbonyl (C=O) groups excluding carboxylic acids is 2. The second-order valence-corrected chi connectivity index (χ2v) is 11.6. The van der Waals surface area contributed by atoms with E-state index in [1.54, 1.807) is 84.9 Å². The standard InChI is InChI=1S/C22H18O4.C21H16O4/c23-18-11-17(12-19(24)14-18)10-7-15-5-8-16(9-6-15)13-22(26)20-3-1-2-4-21(20)25;22-17-11-15(12-18(23)13-17)6-5-14-7-9-16(10-8-14)21(25)19-3-1-2-4-20(19)24/h1-12,14,23-25H,13H2;1-13,22-24H/b10-7+;6-5+. The van der Waals surface area contributed by atoms with Crippen molar-refractivity contribution in [1.82, 2.24) is 0 Å². The van der Waals surface area contributed by atoms with Crippen LogP contribution in [-0.4, -0.2) is 42.2 Å². The molecule has 0 bridgehead atoms. The molecule has 0 spiro atoms. The zero-order chi connectivity index (χ0) is 36.3. The molecular formula is C43H34O8. The maximum Gasteiger partial charge on any atom is 0.196 e. The van der Waals surface area contributed by atoms with Gasteiger partial charge in [0.1, 0.15) is 34.5 Å². The largest absolute Gasteiger partial charge is 0.508 e. The number of phenolic OH excluding ortho intramolecular Hbond substituents is 6. The van der Waals surface area contributed by atoms with E-state index in [-0.39, 0.29) is 58.0 Å². The summed E-state index contributed by atoms with van der Waals surface area (Å²) in [6, 6.07) is 36.1. The van der Waals surface area contributed by atoms with Gasteiger partial charge in [0.15, 0.2) is 11.6 Å². The zero-order valence-corrected chi connectivity index (χ0v) is 27.2. The molecule has 51 heavy (non-hydrogen) atoms. The van der Waals surface area contributed by atoms with Gasteiger partial charge >= 0.3 is 0 Å². The summed E-state index contributed by atoms with van der Waals surface area (Å²) in [6.07, 6.45) is 7.40. The number of aromatic hydroxyl groups is 6. The van der Waals surface area contributed by atoms with E-state index in [2.05, 4.69) is 0 Å². The molecule has 6 N–H and O–H groups in total. The predicted molar refractivity (Wildman–Crippen MR) is 198 cm³/mol. The van der Waals surface area contributed by atoms with Crippen LogP contribution in [0.15, 0.2) is 133 Å². The van der Waals surface area contributed by atoms with Crippen molar-refractivity contribution in [3.8, 4) is 34.5 Å². The van der Waals surface area contributed by atoms with Crippen molar-refractivity contribution < 1.29 is 40.2 Å². The van der Waals surface area contributed by atoms with E-state index >= 15 is 0 Å². The third-order valence-electron chi connectivity index (χ3n) is 7.66. The van der Waals surface area contributed by atoms with Gasteiger partial charge in [0, 0.05) is 24.1 Å². The topological polar surface area (TPSA) is 156 Å². The first kappa shape index (κ1) is 35.3. The minimum Gasteiger partial charge on any atom is -0.508 e. The Kier molecular flexibility index (Phi) is 11.3. The lowest BCUT2D eigenvalue weighted by Gasteiger charge is -2.04. The molecule has 0 saturated heterocycles. The van der Waals surface area contributed by atoms with Gasteiger partial charge in [-0.25, -0.2) is 0 Å². The van der Waals surface area contributed by atoms with Gasteiger partial charge in [0.2, 0.25) is 0 Å². The Bertz CT molecular complexity index is 2170. The third kappa shape index (κ3) is 9.98. The molecule has 8 nitrogen and oxygen atoms in total. The van der Waals surface area contributed by atoms with Crippen LogP contribution in [0, 0.1) is 0 Å². The molecule has 8 heteroatoms. The summed E-state index contributed by atoms with van der Waals surface area (Å²) in [5.74, 6) is -0.448. The van der Waals surface area contributed by atoms with Crippen molar-refractivity contribution in [2.24, 2.45) is 0 Å². The fraction of sp³-hybridized carbons (Fsp3) is 0.0233. The number of hydrogen-bond acceptors (Lipinski definition) is 8. The molecule has 6 aromatic rings. The van der Waals surface area contributed by atoms with Crippen LogP contribution in [0.5, 0.6) is 34.5 Å². The van der Waals surface area contributed by atoms with E-state index in [1.807, 2.05) is 36.4 Å². The first-order valence-corrected chi connectivity index (χ1v) is 15.8. The minimum atomic E-state index is -0.244. The molecule has 0 aliphatic rings. The number of carbonyl (C=O) groups is 2. The van der Waals surface area contributed by atoms with Crippen LogP contribution in [-0.2, 0) is 6.42 Å². The Morgan fingerprint density at radius 2 is 0.824 bits per heavy atom. The number of para-hydroxylation sites is 2. The molecular weight excluding hydrogens is 644 g/mol. The molecule has 0 amide bonds.